The van der Waals surface area contributed by atoms with E-state index in [-0.39, 0.29) is 12.2 Å². The predicted molar refractivity (Wildman–Crippen MR) is 77.9 cm³/mol. The normalized spacial score (nSPS) is 11.2. The quantitative estimate of drug-likeness (QED) is 0.612. The number of ether oxygens (including phenoxy) is 1. The van der Waals surface area contributed by atoms with Crippen LogP contribution in [0.25, 0.3) is 0 Å². The van der Waals surface area contributed by atoms with Gasteiger partial charge < -0.3 is 4.74 Å². The number of ketones is 1. The molecule has 1 aromatic carbocycles. The van der Waals surface area contributed by atoms with E-state index in [1.54, 1.807) is 20.8 Å². The van der Waals surface area contributed by atoms with Crippen LogP contribution in [-0.4, -0.2) is 17.4 Å². The Balaban J connectivity index is 2.36. The molecule has 0 unspecified atom stereocenters. The first-order valence-corrected chi connectivity index (χ1v) is 7.03. The molecule has 0 spiro atoms. The van der Waals surface area contributed by atoms with Crippen molar-refractivity contribution >= 4 is 27.7 Å². The maximum absolute atomic E-state index is 11.7. The number of hydrogen-bond donors (Lipinski definition) is 0. The van der Waals surface area contributed by atoms with E-state index in [2.05, 4.69) is 15.9 Å². The first-order valence-electron chi connectivity index (χ1n) is 6.24. The average molecular weight is 327 g/mol. The summed E-state index contributed by atoms with van der Waals surface area (Å²) in [5.41, 5.74) is 0.545. The third-order valence-electron chi connectivity index (χ3n) is 2.37. The summed E-state index contributed by atoms with van der Waals surface area (Å²) < 4.78 is 6.12. The minimum absolute atomic E-state index is 0.0860. The van der Waals surface area contributed by atoms with Gasteiger partial charge in [0.15, 0.2) is 0 Å². The van der Waals surface area contributed by atoms with Gasteiger partial charge in [0.1, 0.15) is 17.8 Å². The van der Waals surface area contributed by atoms with Gasteiger partial charge in [-0.25, -0.2) is 0 Å². The summed E-state index contributed by atoms with van der Waals surface area (Å²) in [6, 6.07) is 7.80. The lowest BCUT2D eigenvalue weighted by Gasteiger charge is -2.19. The van der Waals surface area contributed by atoms with Crippen molar-refractivity contribution in [3.05, 3.63) is 34.3 Å². The zero-order valence-electron chi connectivity index (χ0n) is 11.5. The van der Waals surface area contributed by atoms with Crippen LogP contribution in [0.3, 0.4) is 0 Å². The number of halogens is 1. The molecule has 0 radical (unpaired) electrons. The molecule has 0 saturated heterocycles. The molecule has 0 saturated carbocycles. The van der Waals surface area contributed by atoms with Crippen LogP contribution in [0.4, 0.5) is 0 Å². The van der Waals surface area contributed by atoms with Crippen LogP contribution in [0.5, 0.6) is 0 Å². The van der Waals surface area contributed by atoms with E-state index in [1.165, 1.54) is 0 Å². The van der Waals surface area contributed by atoms with E-state index in [0.29, 0.717) is 12.8 Å². The minimum Gasteiger partial charge on any atom is -0.460 e. The highest BCUT2D eigenvalue weighted by Gasteiger charge is 2.18. The van der Waals surface area contributed by atoms with Crippen molar-refractivity contribution in [2.24, 2.45) is 0 Å². The molecule has 0 atom stereocenters. The van der Waals surface area contributed by atoms with Crippen LogP contribution in [0, 0.1) is 0 Å². The molecule has 0 aromatic heterocycles. The van der Waals surface area contributed by atoms with Crippen LogP contribution in [0.1, 0.15) is 39.2 Å². The summed E-state index contributed by atoms with van der Waals surface area (Å²) in [5, 5.41) is 0. The number of carbonyl (C=O) groups excluding carboxylic acids is 2. The van der Waals surface area contributed by atoms with Crippen molar-refractivity contribution in [2.75, 3.05) is 0 Å². The molecular formula is C15H19BrO3. The molecule has 104 valence electrons. The maximum atomic E-state index is 11.7. The molecule has 0 fully saturated rings. The van der Waals surface area contributed by atoms with Crippen LogP contribution in [0.15, 0.2) is 28.7 Å². The second-order valence-electron chi connectivity index (χ2n) is 5.43. The van der Waals surface area contributed by atoms with Gasteiger partial charge in [-0.2, -0.15) is 0 Å². The van der Waals surface area contributed by atoms with Crippen molar-refractivity contribution in [3.8, 4) is 0 Å². The van der Waals surface area contributed by atoms with E-state index >= 15 is 0 Å². The van der Waals surface area contributed by atoms with E-state index in [0.717, 1.165) is 10.0 Å². The van der Waals surface area contributed by atoms with Gasteiger partial charge in [-0.15, -0.1) is 0 Å². The third-order valence-corrected chi connectivity index (χ3v) is 2.90. The molecule has 19 heavy (non-hydrogen) atoms. The van der Waals surface area contributed by atoms with Crippen LogP contribution in [0.2, 0.25) is 0 Å². The van der Waals surface area contributed by atoms with Crippen LogP contribution in [-0.2, 0) is 20.7 Å². The highest BCUT2D eigenvalue weighted by Crippen LogP contribution is 2.13. The third kappa shape index (κ3) is 7.11. The van der Waals surface area contributed by atoms with E-state index in [4.69, 9.17) is 4.74 Å². The second kappa shape index (κ2) is 6.85. The summed E-state index contributed by atoms with van der Waals surface area (Å²) in [5.74, 6) is -0.537. The minimum atomic E-state index is -0.539. The van der Waals surface area contributed by atoms with E-state index < -0.39 is 11.6 Å². The monoisotopic (exact) mass is 326 g/mol. The summed E-state index contributed by atoms with van der Waals surface area (Å²) in [7, 11) is 0. The van der Waals surface area contributed by atoms with Gasteiger partial charge in [0.25, 0.3) is 0 Å². The molecule has 0 amide bonds. The van der Waals surface area contributed by atoms with Crippen molar-refractivity contribution in [1.29, 1.82) is 0 Å². The van der Waals surface area contributed by atoms with Crippen LogP contribution < -0.4 is 0 Å². The predicted octanol–water partition coefficient (Wildman–Crippen LogP) is 3.68. The highest BCUT2D eigenvalue weighted by molar-refractivity contribution is 9.10. The molecule has 0 aliphatic heterocycles. The maximum Gasteiger partial charge on any atom is 0.313 e. The standard InChI is InChI=1S/C15H19BrO3/c1-15(2,3)19-14(18)10-13(17)9-6-11-4-7-12(16)8-5-11/h4-5,7-8H,6,9-10H2,1-3H3. The SMILES string of the molecule is CC(C)(C)OC(=O)CC(=O)CCc1ccc(Br)cc1. The first-order chi connectivity index (χ1) is 8.76. The van der Waals surface area contributed by atoms with Crippen molar-refractivity contribution in [3.63, 3.8) is 0 Å². The average Bonchev–Trinajstić information content (AvgIpc) is 2.25. The lowest BCUT2D eigenvalue weighted by molar-refractivity contribution is -0.156. The smallest absolute Gasteiger partial charge is 0.313 e. The molecule has 0 heterocycles. The Hall–Kier alpha value is -1.16. The Morgan fingerprint density at radius 2 is 1.74 bits per heavy atom. The molecule has 0 bridgehead atoms. The highest BCUT2D eigenvalue weighted by atomic mass is 79.9. The number of aryl methyl sites for hydroxylation is 1. The molecule has 0 aliphatic carbocycles. The summed E-state index contributed by atoms with van der Waals surface area (Å²) >= 11 is 3.36. The molecule has 1 aromatic rings. The fraction of sp³-hybridized carbons (Fsp3) is 0.467. The lowest BCUT2D eigenvalue weighted by Crippen LogP contribution is -2.25. The van der Waals surface area contributed by atoms with Gasteiger partial charge in [-0.3, -0.25) is 9.59 Å². The van der Waals surface area contributed by atoms with Gasteiger partial charge >= 0.3 is 5.97 Å². The molecule has 3 nitrogen and oxygen atoms in total. The number of carbonyl (C=O) groups is 2. The molecule has 0 aliphatic rings. The molecule has 1 rings (SSSR count). The fourth-order valence-electron chi connectivity index (χ4n) is 1.56. The number of hydrogen-bond acceptors (Lipinski definition) is 3. The Kier molecular flexibility index (Phi) is 5.73. The number of benzene rings is 1. The number of rotatable bonds is 5. The second-order valence-corrected chi connectivity index (χ2v) is 6.34. The zero-order chi connectivity index (χ0) is 14.5. The lowest BCUT2D eigenvalue weighted by atomic mass is 10.1. The van der Waals surface area contributed by atoms with Gasteiger partial charge in [0, 0.05) is 10.9 Å². The van der Waals surface area contributed by atoms with Crippen molar-refractivity contribution in [2.45, 2.75) is 45.6 Å². The zero-order valence-corrected chi connectivity index (χ0v) is 13.1. The van der Waals surface area contributed by atoms with E-state index in [9.17, 15) is 9.59 Å². The first kappa shape index (κ1) is 15.9. The van der Waals surface area contributed by atoms with Crippen molar-refractivity contribution in [1.82, 2.24) is 0 Å². The largest absolute Gasteiger partial charge is 0.460 e. The molecule has 4 heteroatoms. The Labute approximate surface area is 122 Å². The Bertz CT molecular complexity index is 443. The summed E-state index contributed by atoms with van der Waals surface area (Å²) in [4.78, 5) is 23.1. The summed E-state index contributed by atoms with van der Waals surface area (Å²) in [6.45, 7) is 5.37. The van der Waals surface area contributed by atoms with E-state index in [1.807, 2.05) is 24.3 Å². The Morgan fingerprint density at radius 3 is 2.26 bits per heavy atom. The van der Waals surface area contributed by atoms with Crippen molar-refractivity contribution < 1.29 is 14.3 Å². The molecular weight excluding hydrogens is 308 g/mol. The van der Waals surface area contributed by atoms with Gasteiger partial charge in [0.05, 0.1) is 0 Å². The Morgan fingerprint density at radius 1 is 1.16 bits per heavy atom. The summed E-state index contributed by atoms with van der Waals surface area (Å²) in [6.07, 6.45) is 0.865. The van der Waals surface area contributed by atoms with Crippen LogP contribution >= 0.6 is 15.9 Å². The van der Waals surface area contributed by atoms with Gasteiger partial charge in [-0.05, 0) is 44.9 Å². The fourth-order valence-corrected chi connectivity index (χ4v) is 1.83. The topological polar surface area (TPSA) is 43.4 Å². The van der Waals surface area contributed by atoms with Gasteiger partial charge in [-0.1, -0.05) is 28.1 Å². The van der Waals surface area contributed by atoms with Gasteiger partial charge in [0.2, 0.25) is 0 Å². The number of Topliss-reactive ketones (excluding diaryl/α,β-unsaturated/α-hetero) is 1. The molecule has 0 N–H and O–H groups in total. The number of esters is 1.